The number of nitrogens with one attached hydrogen (secondary N) is 2. The van der Waals surface area contributed by atoms with E-state index >= 15 is 0 Å². The second-order valence-electron chi connectivity index (χ2n) is 8.65. The van der Waals surface area contributed by atoms with Crippen molar-refractivity contribution in [3.8, 4) is 0 Å². The third-order valence-corrected chi connectivity index (χ3v) is 6.17. The van der Waals surface area contributed by atoms with Crippen molar-refractivity contribution in [2.75, 3.05) is 66.5 Å². The van der Waals surface area contributed by atoms with Crippen LogP contribution >= 0.6 is 0 Å². The van der Waals surface area contributed by atoms with Gasteiger partial charge in [0.1, 0.15) is 25.6 Å². The fourth-order valence-electron chi connectivity index (χ4n) is 4.25. The molecule has 2 amide bonds. The van der Waals surface area contributed by atoms with E-state index in [0.29, 0.717) is 45.7 Å². The summed E-state index contributed by atoms with van der Waals surface area (Å²) in [5.41, 5.74) is 0. The van der Waals surface area contributed by atoms with Crippen LogP contribution in [0.4, 0.5) is 0 Å². The molecule has 6 atom stereocenters. The van der Waals surface area contributed by atoms with Gasteiger partial charge in [-0.1, -0.05) is 6.42 Å². The summed E-state index contributed by atoms with van der Waals surface area (Å²) in [5, 5.41) is 25.9. The lowest BCUT2D eigenvalue weighted by Gasteiger charge is -2.29. The summed E-state index contributed by atoms with van der Waals surface area (Å²) < 4.78 is 26.4. The number of aliphatic hydroxyl groups is 2. The SMILES string of the molecule is COC1C2COC(CO)[C@H](NC(=O)CCCCCNC(=O)COCCOCCOCC=O)C(O)C21. The van der Waals surface area contributed by atoms with Gasteiger partial charge in [0.15, 0.2) is 0 Å². The van der Waals surface area contributed by atoms with Gasteiger partial charge in [0.2, 0.25) is 11.8 Å². The van der Waals surface area contributed by atoms with Crippen LogP contribution in [0.2, 0.25) is 0 Å². The quantitative estimate of drug-likeness (QED) is 0.119. The Bertz CT molecular complexity index is 637. The van der Waals surface area contributed by atoms with Gasteiger partial charge in [-0.3, -0.25) is 9.59 Å². The van der Waals surface area contributed by atoms with E-state index in [2.05, 4.69) is 10.6 Å². The van der Waals surface area contributed by atoms with Crippen LogP contribution in [0.5, 0.6) is 0 Å². The molecule has 12 heteroatoms. The maximum absolute atomic E-state index is 12.4. The number of unbranched alkanes of at least 4 members (excludes halogenated alkanes) is 2. The molecule has 1 heterocycles. The minimum absolute atomic E-state index is 0.0503. The highest BCUT2D eigenvalue weighted by molar-refractivity contribution is 5.77. The zero-order valence-corrected chi connectivity index (χ0v) is 20.4. The molecule has 2 rings (SSSR count). The third kappa shape index (κ3) is 10.5. The Hall–Kier alpha value is -1.67. The minimum Gasteiger partial charge on any atom is -0.394 e. The second kappa shape index (κ2) is 16.9. The summed E-state index contributed by atoms with van der Waals surface area (Å²) in [4.78, 5) is 34.2. The number of aliphatic hydroxyl groups excluding tert-OH is 2. The first-order valence-electron chi connectivity index (χ1n) is 12.2. The van der Waals surface area contributed by atoms with E-state index in [1.165, 1.54) is 0 Å². The molecule has 2 fully saturated rings. The number of amides is 2. The number of hydrogen-bond acceptors (Lipinski definition) is 10. The van der Waals surface area contributed by atoms with Crippen molar-refractivity contribution >= 4 is 18.1 Å². The van der Waals surface area contributed by atoms with Crippen LogP contribution in [0.25, 0.3) is 0 Å². The number of rotatable bonds is 19. The molecule has 5 unspecified atom stereocenters. The molecule has 0 radical (unpaired) electrons. The molecule has 4 N–H and O–H groups in total. The lowest BCUT2D eigenvalue weighted by Crippen LogP contribution is -2.53. The van der Waals surface area contributed by atoms with Crippen LogP contribution in [-0.2, 0) is 38.1 Å². The Morgan fingerprint density at radius 3 is 2.51 bits per heavy atom. The van der Waals surface area contributed by atoms with Gasteiger partial charge in [-0.05, 0) is 12.8 Å². The molecule has 35 heavy (non-hydrogen) atoms. The highest BCUT2D eigenvalue weighted by Gasteiger charge is 2.59. The number of hydrogen-bond donors (Lipinski definition) is 4. The van der Waals surface area contributed by atoms with E-state index in [4.69, 9.17) is 23.7 Å². The Morgan fingerprint density at radius 1 is 1.06 bits per heavy atom. The molecule has 202 valence electrons. The maximum Gasteiger partial charge on any atom is 0.245 e. The van der Waals surface area contributed by atoms with Crippen molar-refractivity contribution in [3.63, 3.8) is 0 Å². The number of aldehydes is 1. The van der Waals surface area contributed by atoms with Crippen molar-refractivity contribution in [1.29, 1.82) is 0 Å². The average Bonchev–Trinajstić information content (AvgIpc) is 3.58. The molecule has 0 aromatic carbocycles. The standard InChI is InChI=1S/C23H40N2O10/c1-31-23-16-14-35-17(13-27)21(22(30)20(16)23)25-18(28)5-3-2-4-6-24-19(29)15-34-12-11-33-10-9-32-8-7-26/h7,16-17,20-23,27,30H,2-6,8-15H2,1H3,(H,24,29)(H,25,28)/t16?,17?,20?,21-,22?,23?/m0/s1. The monoisotopic (exact) mass is 504 g/mol. The number of methoxy groups -OCH3 is 1. The second-order valence-corrected chi connectivity index (χ2v) is 8.65. The van der Waals surface area contributed by atoms with E-state index in [0.717, 1.165) is 12.8 Å². The molecule has 12 nitrogen and oxygen atoms in total. The first-order chi connectivity index (χ1) is 17.0. The van der Waals surface area contributed by atoms with Gasteiger partial charge in [0.05, 0.1) is 57.9 Å². The molecule has 1 saturated heterocycles. The van der Waals surface area contributed by atoms with Crippen LogP contribution in [0.3, 0.4) is 0 Å². The van der Waals surface area contributed by atoms with Gasteiger partial charge in [-0.25, -0.2) is 0 Å². The zero-order valence-electron chi connectivity index (χ0n) is 20.4. The molecule has 1 aliphatic heterocycles. The van der Waals surface area contributed by atoms with E-state index in [-0.39, 0.29) is 62.6 Å². The summed E-state index contributed by atoms with van der Waals surface area (Å²) in [6.45, 7) is 1.88. The van der Waals surface area contributed by atoms with Crippen molar-refractivity contribution < 1.29 is 48.3 Å². The summed E-state index contributed by atoms with van der Waals surface area (Å²) in [6.07, 6.45) is 1.48. The van der Waals surface area contributed by atoms with Crippen molar-refractivity contribution in [2.24, 2.45) is 11.8 Å². The van der Waals surface area contributed by atoms with Gasteiger partial charge < -0.3 is 49.3 Å². The van der Waals surface area contributed by atoms with Gasteiger partial charge in [0, 0.05) is 31.9 Å². The molecular weight excluding hydrogens is 464 g/mol. The lowest BCUT2D eigenvalue weighted by molar-refractivity contribution is -0.127. The van der Waals surface area contributed by atoms with Gasteiger partial charge in [-0.2, -0.15) is 0 Å². The van der Waals surface area contributed by atoms with Crippen LogP contribution in [0, 0.1) is 11.8 Å². The van der Waals surface area contributed by atoms with E-state index < -0.39 is 18.2 Å². The lowest BCUT2D eigenvalue weighted by atomic mass is 10.00. The molecule has 0 bridgehead atoms. The van der Waals surface area contributed by atoms with E-state index in [9.17, 15) is 24.6 Å². The number of fused-ring (bicyclic) bond motifs is 1. The normalized spacial score (nSPS) is 27.5. The third-order valence-electron chi connectivity index (χ3n) is 6.17. The Kier molecular flexibility index (Phi) is 14.3. The molecule has 2 aliphatic rings. The van der Waals surface area contributed by atoms with Crippen molar-refractivity contribution in [3.05, 3.63) is 0 Å². The average molecular weight is 505 g/mol. The summed E-state index contributed by atoms with van der Waals surface area (Å²) in [6, 6.07) is -0.678. The topological polar surface area (TPSA) is 162 Å². The Labute approximate surface area is 205 Å². The number of carbonyl (C=O) groups is 3. The predicted octanol–water partition coefficient (Wildman–Crippen LogP) is -1.59. The van der Waals surface area contributed by atoms with Crippen molar-refractivity contribution in [2.45, 2.75) is 50.0 Å². The fraction of sp³-hybridized carbons (Fsp3) is 0.870. The molecule has 1 aliphatic carbocycles. The van der Waals surface area contributed by atoms with Crippen LogP contribution in [0.15, 0.2) is 0 Å². The van der Waals surface area contributed by atoms with Crippen LogP contribution in [-0.4, -0.2) is 119 Å². The minimum atomic E-state index is -0.833. The molecule has 1 saturated carbocycles. The van der Waals surface area contributed by atoms with E-state index in [1.807, 2.05) is 0 Å². The van der Waals surface area contributed by atoms with Crippen LogP contribution < -0.4 is 10.6 Å². The molecule has 0 aromatic rings. The molecule has 0 aromatic heterocycles. The number of carbonyl (C=O) groups excluding carboxylic acids is 3. The van der Waals surface area contributed by atoms with E-state index in [1.54, 1.807) is 7.11 Å². The number of ether oxygens (including phenoxy) is 5. The highest BCUT2D eigenvalue weighted by atomic mass is 16.5. The van der Waals surface area contributed by atoms with Crippen molar-refractivity contribution in [1.82, 2.24) is 10.6 Å². The van der Waals surface area contributed by atoms with Crippen LogP contribution in [0.1, 0.15) is 25.7 Å². The molecular formula is C23H40N2O10. The highest BCUT2D eigenvalue weighted by Crippen LogP contribution is 2.47. The van der Waals surface area contributed by atoms with Gasteiger partial charge >= 0.3 is 0 Å². The maximum atomic E-state index is 12.4. The zero-order chi connectivity index (χ0) is 25.5. The summed E-state index contributed by atoms with van der Waals surface area (Å²) in [7, 11) is 1.59. The Balaban J connectivity index is 1.48. The smallest absolute Gasteiger partial charge is 0.245 e. The first kappa shape index (κ1) is 29.6. The van der Waals surface area contributed by atoms with Gasteiger partial charge in [0.25, 0.3) is 0 Å². The predicted molar refractivity (Wildman–Crippen MR) is 123 cm³/mol. The first-order valence-corrected chi connectivity index (χ1v) is 12.2. The largest absolute Gasteiger partial charge is 0.394 e. The molecule has 0 spiro atoms. The Morgan fingerprint density at radius 2 is 1.80 bits per heavy atom. The summed E-state index contributed by atoms with van der Waals surface area (Å²) >= 11 is 0. The summed E-state index contributed by atoms with van der Waals surface area (Å²) in [5.74, 6) is -0.447. The van der Waals surface area contributed by atoms with Gasteiger partial charge in [-0.15, -0.1) is 0 Å². The fourth-order valence-corrected chi connectivity index (χ4v) is 4.25.